The molecule has 1 saturated carbocycles. The van der Waals surface area contributed by atoms with Crippen LogP contribution in [0, 0.1) is 23.5 Å². The van der Waals surface area contributed by atoms with Gasteiger partial charge in [0.1, 0.15) is 17.4 Å². The van der Waals surface area contributed by atoms with Crippen LogP contribution in [0.25, 0.3) is 0 Å². The van der Waals surface area contributed by atoms with Gasteiger partial charge in [-0.25, -0.2) is 8.78 Å². The molecule has 1 N–H and O–H groups in total. The number of halogens is 2. The third-order valence-electron chi connectivity index (χ3n) is 2.54. The van der Waals surface area contributed by atoms with Crippen LogP contribution < -0.4 is 4.74 Å². The van der Waals surface area contributed by atoms with Gasteiger partial charge < -0.3 is 9.84 Å². The van der Waals surface area contributed by atoms with Gasteiger partial charge in [-0.05, 0) is 6.42 Å². The Morgan fingerprint density at radius 1 is 1.38 bits per heavy atom. The summed E-state index contributed by atoms with van der Waals surface area (Å²) >= 11 is 0. The molecule has 0 bridgehead atoms. The number of aliphatic carboxylic acids is 1. The minimum absolute atomic E-state index is 0.0520. The van der Waals surface area contributed by atoms with Crippen LogP contribution in [0.15, 0.2) is 18.2 Å². The summed E-state index contributed by atoms with van der Waals surface area (Å²) < 4.78 is 30.6. The minimum Gasteiger partial charge on any atom is -0.493 e. The fraction of sp³-hybridized carbons (Fsp3) is 0.364. The molecule has 1 aliphatic rings. The number of carbonyl (C=O) groups is 1. The van der Waals surface area contributed by atoms with Gasteiger partial charge in [0.05, 0.1) is 12.5 Å². The highest BCUT2D eigenvalue weighted by molar-refractivity contribution is 5.73. The van der Waals surface area contributed by atoms with Crippen molar-refractivity contribution < 1.29 is 23.4 Å². The van der Waals surface area contributed by atoms with E-state index in [1.165, 1.54) is 0 Å². The fourth-order valence-corrected chi connectivity index (χ4v) is 1.55. The number of ether oxygens (including phenoxy) is 1. The van der Waals surface area contributed by atoms with Gasteiger partial charge in [-0.1, -0.05) is 0 Å². The van der Waals surface area contributed by atoms with Crippen LogP contribution in [0.4, 0.5) is 8.78 Å². The van der Waals surface area contributed by atoms with Crippen molar-refractivity contribution in [3.63, 3.8) is 0 Å². The Morgan fingerprint density at radius 3 is 2.50 bits per heavy atom. The number of hydrogen-bond donors (Lipinski definition) is 1. The number of rotatable bonds is 4. The monoisotopic (exact) mass is 228 g/mol. The van der Waals surface area contributed by atoms with Gasteiger partial charge in [-0.2, -0.15) is 0 Å². The molecule has 0 amide bonds. The average Bonchev–Trinajstić information content (AvgIpc) is 2.92. The molecule has 86 valence electrons. The van der Waals surface area contributed by atoms with Gasteiger partial charge in [0.15, 0.2) is 0 Å². The van der Waals surface area contributed by atoms with Crippen molar-refractivity contribution >= 4 is 5.97 Å². The Balaban J connectivity index is 1.89. The second-order valence-corrected chi connectivity index (χ2v) is 3.86. The maximum Gasteiger partial charge on any atom is 0.306 e. The maximum atomic E-state index is 12.8. The zero-order chi connectivity index (χ0) is 11.7. The molecule has 0 saturated heterocycles. The SMILES string of the molecule is O=C(O)[C@@H]1C[C@H]1COc1cc(F)cc(F)c1. The molecule has 1 aromatic rings. The van der Waals surface area contributed by atoms with Crippen molar-refractivity contribution in [2.75, 3.05) is 6.61 Å². The van der Waals surface area contributed by atoms with Gasteiger partial charge in [-0.15, -0.1) is 0 Å². The van der Waals surface area contributed by atoms with Crippen LogP contribution in [0.5, 0.6) is 5.75 Å². The zero-order valence-electron chi connectivity index (χ0n) is 8.32. The number of carboxylic acid groups (broad SMARTS) is 1. The third kappa shape index (κ3) is 2.48. The van der Waals surface area contributed by atoms with Gasteiger partial charge in [0.25, 0.3) is 0 Å². The molecule has 3 nitrogen and oxygen atoms in total. The Hall–Kier alpha value is -1.65. The molecular weight excluding hydrogens is 218 g/mol. The molecule has 2 rings (SSSR count). The lowest BCUT2D eigenvalue weighted by molar-refractivity contribution is -0.138. The summed E-state index contributed by atoms with van der Waals surface area (Å²) in [4.78, 5) is 10.5. The minimum atomic E-state index is -0.848. The van der Waals surface area contributed by atoms with Gasteiger partial charge in [0, 0.05) is 24.1 Å². The summed E-state index contributed by atoms with van der Waals surface area (Å²) in [7, 11) is 0. The Kier molecular flexibility index (Phi) is 2.77. The van der Waals surface area contributed by atoms with Crippen LogP contribution in [-0.2, 0) is 4.79 Å². The second kappa shape index (κ2) is 4.08. The number of carboxylic acids is 1. The Bertz CT molecular complexity index is 399. The third-order valence-corrected chi connectivity index (χ3v) is 2.54. The van der Waals surface area contributed by atoms with Gasteiger partial charge in [0.2, 0.25) is 0 Å². The summed E-state index contributed by atoms with van der Waals surface area (Å²) in [5.74, 6) is -2.60. The quantitative estimate of drug-likeness (QED) is 0.858. The van der Waals surface area contributed by atoms with E-state index < -0.39 is 17.6 Å². The smallest absolute Gasteiger partial charge is 0.306 e. The first-order valence-corrected chi connectivity index (χ1v) is 4.88. The Morgan fingerprint density at radius 2 is 2.00 bits per heavy atom. The highest BCUT2D eigenvalue weighted by atomic mass is 19.1. The maximum absolute atomic E-state index is 12.8. The van der Waals surface area contributed by atoms with Crippen molar-refractivity contribution in [1.82, 2.24) is 0 Å². The molecule has 2 atom stereocenters. The highest BCUT2D eigenvalue weighted by Gasteiger charge is 2.43. The molecule has 0 spiro atoms. The standard InChI is InChI=1S/C11H10F2O3/c12-7-2-8(13)4-9(3-7)16-5-6-1-10(6)11(14)15/h2-4,6,10H,1,5H2,(H,14,15)/t6-,10+/m0/s1. The summed E-state index contributed by atoms with van der Waals surface area (Å²) in [6.45, 7) is 0.180. The van der Waals surface area contributed by atoms with Crippen LogP contribution >= 0.6 is 0 Å². The van der Waals surface area contributed by atoms with Crippen molar-refractivity contribution in [3.05, 3.63) is 29.8 Å². The molecule has 5 heteroatoms. The first-order valence-electron chi connectivity index (χ1n) is 4.88. The molecule has 0 unspecified atom stereocenters. The largest absolute Gasteiger partial charge is 0.493 e. The summed E-state index contributed by atoms with van der Waals surface area (Å²) in [5, 5.41) is 8.63. The van der Waals surface area contributed by atoms with E-state index in [9.17, 15) is 13.6 Å². The van der Waals surface area contributed by atoms with Crippen molar-refractivity contribution in [2.24, 2.45) is 11.8 Å². The molecule has 0 radical (unpaired) electrons. The lowest BCUT2D eigenvalue weighted by atomic mass is 10.3. The van der Waals surface area contributed by atoms with E-state index in [4.69, 9.17) is 9.84 Å². The molecule has 1 fully saturated rings. The van der Waals surface area contributed by atoms with Gasteiger partial charge >= 0.3 is 5.97 Å². The van der Waals surface area contributed by atoms with E-state index in [1.807, 2.05) is 0 Å². The van der Waals surface area contributed by atoms with Crippen LogP contribution in [0.1, 0.15) is 6.42 Å². The fourth-order valence-electron chi connectivity index (χ4n) is 1.55. The molecule has 1 aliphatic carbocycles. The van der Waals surface area contributed by atoms with E-state index in [0.29, 0.717) is 6.42 Å². The molecular formula is C11H10F2O3. The molecule has 1 aromatic carbocycles. The number of benzene rings is 1. The average molecular weight is 228 g/mol. The molecule has 16 heavy (non-hydrogen) atoms. The zero-order valence-corrected chi connectivity index (χ0v) is 8.32. The van der Waals surface area contributed by atoms with Crippen LogP contribution in [0.3, 0.4) is 0 Å². The van der Waals surface area contributed by atoms with Crippen molar-refractivity contribution in [2.45, 2.75) is 6.42 Å². The lowest BCUT2D eigenvalue weighted by Gasteiger charge is -2.05. The van der Waals surface area contributed by atoms with E-state index >= 15 is 0 Å². The first kappa shape index (κ1) is 10.9. The highest BCUT2D eigenvalue weighted by Crippen LogP contribution is 2.38. The normalized spacial score (nSPS) is 22.9. The van der Waals surface area contributed by atoms with E-state index in [1.54, 1.807) is 0 Å². The summed E-state index contributed by atoms with van der Waals surface area (Å²) in [5.41, 5.74) is 0. The topological polar surface area (TPSA) is 46.5 Å². The Labute approximate surface area is 90.7 Å². The first-order chi connectivity index (χ1) is 7.56. The van der Waals surface area contributed by atoms with E-state index in [2.05, 4.69) is 0 Å². The summed E-state index contributed by atoms with van der Waals surface area (Å²) in [6, 6.07) is 2.90. The molecule has 0 aliphatic heterocycles. The van der Waals surface area contributed by atoms with E-state index in [0.717, 1.165) is 18.2 Å². The molecule has 0 aromatic heterocycles. The molecule has 0 heterocycles. The lowest BCUT2D eigenvalue weighted by Crippen LogP contribution is -2.06. The van der Waals surface area contributed by atoms with Crippen molar-refractivity contribution in [3.8, 4) is 5.75 Å². The van der Waals surface area contributed by atoms with Gasteiger partial charge in [-0.3, -0.25) is 4.79 Å². The predicted octanol–water partition coefficient (Wildman–Crippen LogP) is 2.06. The predicted molar refractivity (Wildman–Crippen MR) is 51.1 cm³/mol. The van der Waals surface area contributed by atoms with Crippen LogP contribution in [0.2, 0.25) is 0 Å². The number of hydrogen-bond acceptors (Lipinski definition) is 2. The second-order valence-electron chi connectivity index (χ2n) is 3.86. The van der Waals surface area contributed by atoms with Crippen LogP contribution in [-0.4, -0.2) is 17.7 Å². The van der Waals surface area contributed by atoms with Crippen molar-refractivity contribution in [1.29, 1.82) is 0 Å². The van der Waals surface area contributed by atoms with E-state index in [-0.39, 0.29) is 24.2 Å². The summed E-state index contributed by atoms with van der Waals surface area (Å²) in [6.07, 6.45) is 0.563.